The zero-order valence-electron chi connectivity index (χ0n) is 34.8. The molecule has 2 bridgehead atoms. The number of carbonyl (C=O) groups is 2. The van der Waals surface area contributed by atoms with Gasteiger partial charge < -0.3 is 20.6 Å². The van der Waals surface area contributed by atoms with Crippen molar-refractivity contribution >= 4 is 17.4 Å². The highest BCUT2D eigenvalue weighted by Crippen LogP contribution is 2.77. The summed E-state index contributed by atoms with van der Waals surface area (Å²) in [7, 11) is 0. The lowest BCUT2D eigenvalue weighted by Gasteiger charge is -2.72. The highest BCUT2D eigenvalue weighted by molar-refractivity contribution is 5.88. The van der Waals surface area contributed by atoms with E-state index in [1.165, 1.54) is 80.9 Å². The van der Waals surface area contributed by atoms with Gasteiger partial charge >= 0.3 is 5.97 Å². The number of rotatable bonds is 9. The average Bonchev–Trinajstić information content (AvgIpc) is 3.67. The maximum absolute atomic E-state index is 13.5. The Morgan fingerprint density at radius 1 is 0.926 bits per heavy atom. The Balaban J connectivity index is 0.997. The van der Waals surface area contributed by atoms with Gasteiger partial charge in [0.25, 0.3) is 0 Å². The largest absolute Gasteiger partial charge is 0.478 e. The standard InChI is InChI=1S/C48H71N3O3/c1-9-48-24-16-34(50-48)28-51(30-48)40(52)20-27-49-29-47-23-17-35(31(2)3)41(47)37-14-15-39-44(6)21-18-36(32-10-12-33(13-11-32)42(53)54)43(4,5)38(44)19-22-46(39,8)45(37,7)25-26-47/h10-13,18,34-35,37-39,41,49-50H,2,9,14-17,19-30H2,1,3-8H3,(H,53,54). The van der Waals surface area contributed by atoms with Crippen LogP contribution in [-0.2, 0) is 4.79 Å². The molecule has 2 saturated heterocycles. The number of allylic oxidation sites excluding steroid dienone is 3. The smallest absolute Gasteiger partial charge is 0.335 e. The van der Waals surface area contributed by atoms with Gasteiger partial charge in [0.15, 0.2) is 0 Å². The molecular formula is C48H71N3O3. The molecule has 1 aromatic carbocycles. The molecule has 0 aromatic heterocycles. The maximum atomic E-state index is 13.5. The SMILES string of the molecule is C=C(C)C1CCC2(CNCCC(=O)N3CC4CCC(CC)(C3)N4)CCC3(C)C(CCC4C5(C)CC=C(c6ccc(C(=O)O)cc6)C(C)(C)C5CCC43C)C12. The van der Waals surface area contributed by atoms with E-state index in [-0.39, 0.29) is 16.4 Å². The first-order valence-corrected chi connectivity index (χ1v) is 22.0. The molecule has 7 aliphatic rings. The fourth-order valence-electron chi connectivity index (χ4n) is 15.7. The van der Waals surface area contributed by atoms with Gasteiger partial charge in [-0.15, -0.1) is 0 Å². The van der Waals surface area contributed by atoms with Gasteiger partial charge in [-0.2, -0.15) is 0 Å². The zero-order chi connectivity index (χ0) is 38.5. The lowest BCUT2D eigenvalue weighted by molar-refractivity contribution is -0.225. The molecule has 3 N–H and O–H groups in total. The lowest BCUT2D eigenvalue weighted by atomic mass is 9.32. The number of carbonyl (C=O) groups excluding carboxylic acids is 1. The highest BCUT2D eigenvalue weighted by Gasteiger charge is 2.70. The van der Waals surface area contributed by atoms with E-state index in [2.05, 4.69) is 76.7 Å². The third kappa shape index (κ3) is 5.67. The molecule has 1 aromatic rings. The summed E-state index contributed by atoms with van der Waals surface area (Å²) in [5.74, 6) is 2.72. The molecule has 0 spiro atoms. The highest BCUT2D eigenvalue weighted by atomic mass is 16.4. The van der Waals surface area contributed by atoms with Gasteiger partial charge in [0.05, 0.1) is 5.56 Å². The van der Waals surface area contributed by atoms with Crippen LogP contribution in [0.2, 0.25) is 0 Å². The number of nitrogens with zero attached hydrogens (tertiary/aromatic N) is 1. The van der Waals surface area contributed by atoms with Crippen molar-refractivity contribution in [1.82, 2.24) is 15.5 Å². The fourth-order valence-corrected chi connectivity index (χ4v) is 15.7. The van der Waals surface area contributed by atoms with Crippen molar-refractivity contribution < 1.29 is 14.7 Å². The molecule has 4 saturated carbocycles. The number of likely N-dealkylation sites (tertiary alicyclic amines) is 1. The van der Waals surface area contributed by atoms with E-state index in [4.69, 9.17) is 0 Å². The van der Waals surface area contributed by atoms with Gasteiger partial charge in [0.2, 0.25) is 5.91 Å². The molecule has 1 amide bonds. The Hall–Kier alpha value is -2.44. The average molecular weight is 738 g/mol. The lowest BCUT2D eigenvalue weighted by Crippen LogP contribution is -2.65. The second kappa shape index (κ2) is 13.3. The van der Waals surface area contributed by atoms with Crippen LogP contribution in [0.5, 0.6) is 0 Å². The second-order valence-electron chi connectivity index (χ2n) is 21.2. The van der Waals surface area contributed by atoms with Crippen LogP contribution in [0.3, 0.4) is 0 Å². The Bertz CT molecular complexity index is 1700. The third-order valence-electron chi connectivity index (χ3n) is 18.7. The number of piperazine rings is 1. The summed E-state index contributed by atoms with van der Waals surface area (Å²) in [6, 6.07) is 8.11. The molecule has 8 rings (SSSR count). The predicted octanol–water partition coefficient (Wildman–Crippen LogP) is 9.76. The molecule has 11 atom stereocenters. The first-order valence-electron chi connectivity index (χ1n) is 22.0. The van der Waals surface area contributed by atoms with Crippen LogP contribution >= 0.6 is 0 Å². The molecule has 2 heterocycles. The number of carboxylic acids is 1. The van der Waals surface area contributed by atoms with Gasteiger partial charge in [-0.25, -0.2) is 4.79 Å². The molecular weight excluding hydrogens is 667 g/mol. The van der Waals surface area contributed by atoms with Crippen LogP contribution in [0.25, 0.3) is 5.57 Å². The van der Waals surface area contributed by atoms with E-state index in [0.717, 1.165) is 39.0 Å². The summed E-state index contributed by atoms with van der Waals surface area (Å²) < 4.78 is 0. The number of carboxylic acid groups (broad SMARTS) is 1. The minimum absolute atomic E-state index is 0.0179. The molecule has 6 fully saturated rings. The van der Waals surface area contributed by atoms with Crippen LogP contribution in [0, 0.1) is 56.7 Å². The summed E-state index contributed by atoms with van der Waals surface area (Å²) >= 11 is 0. The molecule has 11 unspecified atom stereocenters. The van der Waals surface area contributed by atoms with Crippen LogP contribution in [0.4, 0.5) is 0 Å². The first kappa shape index (κ1) is 38.4. The number of amides is 1. The molecule has 6 heteroatoms. The van der Waals surface area contributed by atoms with Crippen molar-refractivity contribution in [3.8, 4) is 0 Å². The summed E-state index contributed by atoms with van der Waals surface area (Å²) in [6.07, 6.45) is 18.1. The third-order valence-corrected chi connectivity index (χ3v) is 18.7. The second-order valence-corrected chi connectivity index (χ2v) is 21.2. The first-order chi connectivity index (χ1) is 25.5. The van der Waals surface area contributed by atoms with Crippen molar-refractivity contribution in [3.05, 3.63) is 53.6 Å². The Kier molecular flexibility index (Phi) is 9.48. The van der Waals surface area contributed by atoms with Gasteiger partial charge in [-0.1, -0.05) is 71.9 Å². The number of hydrogen-bond acceptors (Lipinski definition) is 4. The number of fused-ring (bicyclic) bond motifs is 9. The molecule has 5 aliphatic carbocycles. The van der Waals surface area contributed by atoms with Crippen molar-refractivity contribution in [2.45, 2.75) is 144 Å². The Labute approximate surface area is 326 Å². The van der Waals surface area contributed by atoms with Crippen molar-refractivity contribution in [3.63, 3.8) is 0 Å². The van der Waals surface area contributed by atoms with E-state index in [1.807, 2.05) is 12.1 Å². The van der Waals surface area contributed by atoms with Crippen molar-refractivity contribution in [1.29, 1.82) is 0 Å². The number of hydrogen-bond donors (Lipinski definition) is 3. The molecule has 54 heavy (non-hydrogen) atoms. The zero-order valence-corrected chi connectivity index (χ0v) is 34.8. The van der Waals surface area contributed by atoms with Crippen LogP contribution in [-0.4, -0.2) is 59.6 Å². The van der Waals surface area contributed by atoms with E-state index in [9.17, 15) is 14.7 Å². The van der Waals surface area contributed by atoms with E-state index in [0.29, 0.717) is 69.8 Å². The van der Waals surface area contributed by atoms with Crippen LogP contribution in [0.15, 0.2) is 42.5 Å². The van der Waals surface area contributed by atoms with Crippen molar-refractivity contribution in [2.24, 2.45) is 56.7 Å². The fraction of sp³-hybridized carbons (Fsp3) is 0.750. The quantitative estimate of drug-likeness (QED) is 0.174. The normalized spacial score (nSPS) is 43.3. The van der Waals surface area contributed by atoms with Gasteiger partial charge in [0, 0.05) is 44.2 Å². The minimum Gasteiger partial charge on any atom is -0.478 e. The van der Waals surface area contributed by atoms with E-state index in [1.54, 1.807) is 12.1 Å². The number of nitrogens with one attached hydrogen (secondary N) is 2. The monoisotopic (exact) mass is 738 g/mol. The Morgan fingerprint density at radius 2 is 1.69 bits per heavy atom. The molecule has 6 nitrogen and oxygen atoms in total. The minimum atomic E-state index is -0.862. The molecule has 2 aliphatic heterocycles. The summed E-state index contributed by atoms with van der Waals surface area (Å²) in [4.78, 5) is 27.3. The summed E-state index contributed by atoms with van der Waals surface area (Å²) in [5.41, 5.74) is 5.62. The predicted molar refractivity (Wildman–Crippen MR) is 219 cm³/mol. The Morgan fingerprint density at radius 3 is 2.39 bits per heavy atom. The van der Waals surface area contributed by atoms with Crippen LogP contribution in [0.1, 0.15) is 148 Å². The van der Waals surface area contributed by atoms with Gasteiger partial charge in [-0.05, 0) is 164 Å². The van der Waals surface area contributed by atoms with Gasteiger partial charge in [-0.3, -0.25) is 4.79 Å². The topological polar surface area (TPSA) is 81.7 Å². The number of aromatic carboxylic acids is 1. The van der Waals surface area contributed by atoms with Crippen molar-refractivity contribution in [2.75, 3.05) is 26.2 Å². The van der Waals surface area contributed by atoms with E-state index < -0.39 is 5.97 Å². The molecule has 296 valence electrons. The maximum Gasteiger partial charge on any atom is 0.335 e. The summed E-state index contributed by atoms with van der Waals surface area (Å²) in [6.45, 7) is 25.9. The van der Waals surface area contributed by atoms with Gasteiger partial charge in [0.1, 0.15) is 0 Å². The van der Waals surface area contributed by atoms with E-state index >= 15 is 0 Å². The number of benzene rings is 1. The molecule has 0 radical (unpaired) electrons. The summed E-state index contributed by atoms with van der Waals surface area (Å²) in [5, 5.41) is 17.3. The van der Waals surface area contributed by atoms with Crippen LogP contribution < -0.4 is 10.6 Å².